The van der Waals surface area contributed by atoms with Crippen LogP contribution in [0.3, 0.4) is 0 Å². The second kappa shape index (κ2) is 7.12. The van der Waals surface area contributed by atoms with Crippen molar-refractivity contribution < 1.29 is 9.47 Å². The molecule has 7 nitrogen and oxygen atoms in total. The van der Waals surface area contributed by atoms with Gasteiger partial charge in [0.1, 0.15) is 0 Å². The maximum Gasteiger partial charge on any atom is 0.299 e. The Hall–Kier alpha value is -4.13. The molecular weight excluding hydrogens is 368 g/mol. The van der Waals surface area contributed by atoms with Crippen molar-refractivity contribution in [1.29, 1.82) is 0 Å². The van der Waals surface area contributed by atoms with Gasteiger partial charge in [0, 0.05) is 11.6 Å². The van der Waals surface area contributed by atoms with E-state index in [1.807, 2.05) is 60.7 Å². The number of ether oxygens (including phenoxy) is 2. The molecule has 142 valence electrons. The molecule has 0 atom stereocenters. The molecule has 0 bridgehead atoms. The van der Waals surface area contributed by atoms with Gasteiger partial charge < -0.3 is 9.47 Å². The number of azo groups is 1. The number of hydrogen-bond acceptors (Lipinski definition) is 5. The number of nitrogens with zero attached hydrogens (tertiary/aromatic N) is 3. The lowest BCUT2D eigenvalue weighted by molar-refractivity contribution is 0.174. The molecule has 29 heavy (non-hydrogen) atoms. The first-order chi connectivity index (χ1) is 14.3. The Bertz CT molecular complexity index is 1240. The number of fused-ring (bicyclic) bond motifs is 1. The van der Waals surface area contributed by atoms with Crippen molar-refractivity contribution in [3.8, 4) is 28.4 Å². The molecular formula is C22H16N4O3. The molecule has 2 heterocycles. The van der Waals surface area contributed by atoms with E-state index in [0.717, 1.165) is 11.3 Å². The number of H-pyrrole nitrogens is 1. The van der Waals surface area contributed by atoms with Crippen LogP contribution in [0.15, 0.2) is 93.9 Å². The van der Waals surface area contributed by atoms with E-state index in [0.29, 0.717) is 22.9 Å². The van der Waals surface area contributed by atoms with Gasteiger partial charge in [-0.15, -0.1) is 5.11 Å². The van der Waals surface area contributed by atoms with Crippen LogP contribution in [0.5, 0.6) is 11.5 Å². The molecule has 3 aromatic carbocycles. The summed E-state index contributed by atoms with van der Waals surface area (Å²) in [7, 11) is 0. The minimum absolute atomic E-state index is 0.188. The van der Waals surface area contributed by atoms with Crippen molar-refractivity contribution in [2.75, 3.05) is 6.79 Å². The van der Waals surface area contributed by atoms with E-state index in [1.54, 1.807) is 18.2 Å². The fourth-order valence-electron chi connectivity index (χ4n) is 3.14. The number of rotatable bonds is 4. The van der Waals surface area contributed by atoms with Gasteiger partial charge in [-0.2, -0.15) is 5.11 Å². The lowest BCUT2D eigenvalue weighted by Crippen LogP contribution is -2.13. The third-order valence-electron chi connectivity index (χ3n) is 4.56. The summed E-state index contributed by atoms with van der Waals surface area (Å²) in [6, 6.07) is 24.2. The molecule has 4 aromatic rings. The number of benzene rings is 3. The molecule has 0 saturated heterocycles. The first-order valence-corrected chi connectivity index (χ1v) is 9.07. The molecule has 0 fully saturated rings. The minimum Gasteiger partial charge on any atom is -0.454 e. The van der Waals surface area contributed by atoms with Crippen LogP contribution in [0, 0.1) is 0 Å². The molecule has 0 unspecified atom stereocenters. The van der Waals surface area contributed by atoms with E-state index in [4.69, 9.17) is 9.47 Å². The second-order valence-corrected chi connectivity index (χ2v) is 6.42. The summed E-state index contributed by atoms with van der Waals surface area (Å²) in [6.07, 6.45) is 0. The number of nitrogens with one attached hydrogen (secondary N) is 1. The zero-order valence-corrected chi connectivity index (χ0v) is 15.3. The van der Waals surface area contributed by atoms with Crippen LogP contribution in [0.4, 0.5) is 11.4 Å². The normalized spacial score (nSPS) is 12.6. The van der Waals surface area contributed by atoms with Crippen LogP contribution < -0.4 is 15.0 Å². The van der Waals surface area contributed by atoms with Gasteiger partial charge in [0.15, 0.2) is 17.2 Å². The van der Waals surface area contributed by atoms with Crippen LogP contribution in [0.1, 0.15) is 0 Å². The van der Waals surface area contributed by atoms with Gasteiger partial charge in [0.2, 0.25) is 6.79 Å². The summed E-state index contributed by atoms with van der Waals surface area (Å²) in [5.41, 5.74) is 2.69. The first-order valence-electron chi connectivity index (χ1n) is 9.07. The van der Waals surface area contributed by atoms with Gasteiger partial charge in [0.25, 0.3) is 5.56 Å². The van der Waals surface area contributed by atoms with E-state index in [9.17, 15) is 4.79 Å². The molecule has 5 rings (SSSR count). The molecule has 7 heteroatoms. The molecule has 0 spiro atoms. The van der Waals surface area contributed by atoms with Crippen molar-refractivity contribution in [3.63, 3.8) is 0 Å². The minimum atomic E-state index is -0.278. The van der Waals surface area contributed by atoms with Crippen LogP contribution >= 0.6 is 0 Å². The molecule has 1 N–H and O–H groups in total. The van der Waals surface area contributed by atoms with E-state index >= 15 is 0 Å². The Morgan fingerprint density at radius 3 is 2.34 bits per heavy atom. The van der Waals surface area contributed by atoms with Gasteiger partial charge in [-0.25, -0.2) is 4.68 Å². The summed E-state index contributed by atoms with van der Waals surface area (Å²) < 4.78 is 12.2. The Labute approximate surface area is 165 Å². The molecule has 1 aliphatic heterocycles. The smallest absolute Gasteiger partial charge is 0.299 e. The maximum atomic E-state index is 13.1. The van der Waals surface area contributed by atoms with Crippen molar-refractivity contribution >= 4 is 11.4 Å². The van der Waals surface area contributed by atoms with Crippen LogP contribution in [-0.4, -0.2) is 16.6 Å². The first kappa shape index (κ1) is 17.0. The second-order valence-electron chi connectivity index (χ2n) is 6.42. The standard InChI is InChI=1S/C22H16N4O3/c27-22-21(24-23-16-11-12-18-19(13-16)29-14-28-18)20(15-7-3-1-4-8-15)25-26(22)17-9-5-2-6-10-17/h1-13,25H,14H2. The SMILES string of the molecule is O=c1c(N=Nc2ccc3c(c2)OCO3)c(-c2ccccc2)[nH]n1-c1ccccc1. The van der Waals surface area contributed by atoms with E-state index in [2.05, 4.69) is 15.3 Å². The zero-order valence-electron chi connectivity index (χ0n) is 15.3. The predicted molar refractivity (Wildman–Crippen MR) is 109 cm³/mol. The predicted octanol–water partition coefficient (Wildman–Crippen LogP) is 4.98. The average molecular weight is 384 g/mol. The van der Waals surface area contributed by atoms with Crippen LogP contribution in [-0.2, 0) is 0 Å². The lowest BCUT2D eigenvalue weighted by atomic mass is 10.1. The van der Waals surface area contributed by atoms with Gasteiger partial charge in [-0.3, -0.25) is 9.89 Å². The van der Waals surface area contributed by atoms with Crippen molar-refractivity contribution in [2.24, 2.45) is 10.2 Å². The summed E-state index contributed by atoms with van der Waals surface area (Å²) in [5, 5.41) is 11.7. The maximum absolute atomic E-state index is 13.1. The highest BCUT2D eigenvalue weighted by atomic mass is 16.7. The summed E-state index contributed by atoms with van der Waals surface area (Å²) in [5.74, 6) is 1.28. The van der Waals surface area contributed by atoms with Crippen LogP contribution in [0.25, 0.3) is 16.9 Å². The molecule has 0 aliphatic carbocycles. The fourth-order valence-corrected chi connectivity index (χ4v) is 3.14. The third-order valence-corrected chi connectivity index (χ3v) is 4.56. The quantitative estimate of drug-likeness (QED) is 0.504. The largest absolute Gasteiger partial charge is 0.454 e. The zero-order chi connectivity index (χ0) is 19.6. The summed E-state index contributed by atoms with van der Waals surface area (Å²) in [4.78, 5) is 13.1. The van der Waals surface area contributed by atoms with E-state index in [1.165, 1.54) is 4.68 Å². The third kappa shape index (κ3) is 3.19. The number of aromatic amines is 1. The van der Waals surface area contributed by atoms with E-state index < -0.39 is 0 Å². The number of hydrogen-bond donors (Lipinski definition) is 1. The lowest BCUT2D eigenvalue weighted by Gasteiger charge is -2.01. The van der Waals surface area contributed by atoms with Crippen molar-refractivity contribution in [1.82, 2.24) is 9.78 Å². The average Bonchev–Trinajstić information content (AvgIpc) is 3.37. The monoisotopic (exact) mass is 384 g/mol. The topological polar surface area (TPSA) is 81.0 Å². The van der Waals surface area contributed by atoms with Gasteiger partial charge in [-0.1, -0.05) is 48.5 Å². The van der Waals surface area contributed by atoms with Crippen molar-refractivity contribution in [3.05, 3.63) is 89.2 Å². The highest BCUT2D eigenvalue weighted by molar-refractivity contribution is 5.72. The molecule has 0 radical (unpaired) electrons. The highest BCUT2D eigenvalue weighted by Crippen LogP contribution is 2.36. The number of aromatic nitrogens is 2. The Balaban J connectivity index is 1.61. The summed E-state index contributed by atoms with van der Waals surface area (Å²) in [6.45, 7) is 0.188. The Morgan fingerprint density at radius 1 is 0.828 bits per heavy atom. The molecule has 1 aliphatic rings. The summed E-state index contributed by atoms with van der Waals surface area (Å²) >= 11 is 0. The van der Waals surface area contributed by atoms with Gasteiger partial charge in [0.05, 0.1) is 17.1 Å². The Morgan fingerprint density at radius 2 is 1.55 bits per heavy atom. The highest BCUT2D eigenvalue weighted by Gasteiger charge is 2.17. The number of para-hydroxylation sites is 1. The molecule has 0 amide bonds. The van der Waals surface area contributed by atoms with Gasteiger partial charge >= 0.3 is 0 Å². The van der Waals surface area contributed by atoms with E-state index in [-0.39, 0.29) is 18.0 Å². The molecule has 0 saturated carbocycles. The molecule has 1 aromatic heterocycles. The van der Waals surface area contributed by atoms with Crippen molar-refractivity contribution in [2.45, 2.75) is 0 Å². The van der Waals surface area contributed by atoms with Crippen LogP contribution in [0.2, 0.25) is 0 Å². The van der Waals surface area contributed by atoms with Gasteiger partial charge in [-0.05, 0) is 24.3 Å². The fraction of sp³-hybridized carbons (Fsp3) is 0.0455. The Kier molecular flexibility index (Phi) is 4.18.